The topological polar surface area (TPSA) is 79.9 Å². The van der Waals surface area contributed by atoms with Crippen LogP contribution in [0, 0.1) is 0 Å². The van der Waals surface area contributed by atoms with Crippen LogP contribution in [0.4, 0.5) is 13.2 Å². The molecule has 26 heavy (non-hydrogen) atoms. The molecule has 1 aromatic rings. The molecule has 1 fully saturated rings. The highest BCUT2D eigenvalue weighted by atomic mass is 32.2. The second-order valence-electron chi connectivity index (χ2n) is 5.71. The third-order valence-electron chi connectivity index (χ3n) is 4.10. The lowest BCUT2D eigenvalue weighted by atomic mass is 10.2. The van der Waals surface area contributed by atoms with Gasteiger partial charge >= 0.3 is 6.18 Å². The lowest BCUT2D eigenvalue weighted by Crippen LogP contribution is -2.57. The lowest BCUT2D eigenvalue weighted by Gasteiger charge is -2.35. The number of sulfonamides is 1. The Morgan fingerprint density at radius 3 is 2.42 bits per heavy atom. The summed E-state index contributed by atoms with van der Waals surface area (Å²) in [6, 6.07) is 2.17. The van der Waals surface area contributed by atoms with Gasteiger partial charge in [-0.05, 0) is 12.1 Å². The molecule has 0 amide bonds. The van der Waals surface area contributed by atoms with Crippen LogP contribution in [0.1, 0.15) is 0 Å². The van der Waals surface area contributed by atoms with Crippen molar-refractivity contribution in [3.8, 4) is 11.5 Å². The van der Waals surface area contributed by atoms with Crippen molar-refractivity contribution in [2.75, 3.05) is 46.9 Å². The number of nitrogens with zero attached hydrogens (tertiary/aromatic N) is 1. The van der Waals surface area contributed by atoms with Crippen LogP contribution in [0.15, 0.2) is 23.1 Å². The first-order valence-electron chi connectivity index (χ1n) is 7.92. The normalized spacial score (nSPS) is 17.7. The number of methoxy groups -OCH3 is 2. The van der Waals surface area contributed by atoms with Gasteiger partial charge in [-0.15, -0.1) is 0 Å². The molecule has 1 heterocycles. The summed E-state index contributed by atoms with van der Waals surface area (Å²) in [6.45, 7) is 0.432. The average Bonchev–Trinajstić information content (AvgIpc) is 2.61. The van der Waals surface area contributed by atoms with Crippen LogP contribution in [-0.2, 0) is 10.0 Å². The fraction of sp³-hybridized carbons (Fsp3) is 0.600. The Morgan fingerprint density at radius 2 is 1.88 bits per heavy atom. The van der Waals surface area contributed by atoms with Crippen LogP contribution in [0.25, 0.3) is 0 Å². The van der Waals surface area contributed by atoms with Crippen molar-refractivity contribution in [3.05, 3.63) is 18.2 Å². The van der Waals surface area contributed by atoms with Crippen molar-refractivity contribution in [1.82, 2.24) is 14.9 Å². The maximum atomic E-state index is 13.4. The van der Waals surface area contributed by atoms with Gasteiger partial charge in [0, 0.05) is 38.8 Å². The Hall–Kier alpha value is -1.56. The highest BCUT2D eigenvalue weighted by Gasteiger charge is 2.44. The van der Waals surface area contributed by atoms with E-state index >= 15 is 0 Å². The average molecular weight is 397 g/mol. The molecule has 148 valence electrons. The molecule has 0 bridgehead atoms. The molecule has 1 atom stereocenters. The molecule has 1 saturated heterocycles. The van der Waals surface area contributed by atoms with Crippen LogP contribution >= 0.6 is 0 Å². The van der Waals surface area contributed by atoms with Gasteiger partial charge in [-0.3, -0.25) is 4.90 Å². The van der Waals surface area contributed by atoms with Crippen molar-refractivity contribution in [3.63, 3.8) is 0 Å². The summed E-state index contributed by atoms with van der Waals surface area (Å²) in [5.74, 6) is 0.268. The van der Waals surface area contributed by atoms with Crippen LogP contribution < -0.4 is 19.5 Å². The highest BCUT2D eigenvalue weighted by Crippen LogP contribution is 2.29. The Kier molecular flexibility index (Phi) is 6.72. The molecule has 11 heteroatoms. The minimum atomic E-state index is -4.56. The molecule has 1 aliphatic heterocycles. The van der Waals surface area contributed by atoms with Gasteiger partial charge in [0.2, 0.25) is 10.0 Å². The predicted octanol–water partition coefficient (Wildman–Crippen LogP) is 0.818. The minimum absolute atomic E-state index is 0.0176. The maximum absolute atomic E-state index is 13.4. The Morgan fingerprint density at radius 1 is 1.23 bits per heavy atom. The largest absolute Gasteiger partial charge is 0.497 e. The van der Waals surface area contributed by atoms with E-state index in [9.17, 15) is 21.6 Å². The molecule has 1 aromatic carbocycles. The third kappa shape index (κ3) is 5.00. The van der Waals surface area contributed by atoms with Crippen LogP contribution in [0.2, 0.25) is 0 Å². The van der Waals surface area contributed by atoms with Gasteiger partial charge in [-0.2, -0.15) is 13.2 Å². The second-order valence-corrected chi connectivity index (χ2v) is 7.45. The summed E-state index contributed by atoms with van der Waals surface area (Å²) in [7, 11) is -1.59. The zero-order valence-electron chi connectivity index (χ0n) is 14.5. The smallest absolute Gasteiger partial charge is 0.405 e. The van der Waals surface area contributed by atoms with Crippen molar-refractivity contribution in [1.29, 1.82) is 0 Å². The van der Waals surface area contributed by atoms with E-state index < -0.39 is 28.8 Å². The summed E-state index contributed by atoms with van der Waals surface area (Å²) in [4.78, 5) is 0.947. The first-order valence-corrected chi connectivity index (χ1v) is 9.40. The number of benzene rings is 1. The first-order chi connectivity index (χ1) is 12.2. The van der Waals surface area contributed by atoms with E-state index in [1.807, 2.05) is 0 Å². The monoisotopic (exact) mass is 397 g/mol. The molecule has 7 nitrogen and oxygen atoms in total. The zero-order chi connectivity index (χ0) is 19.4. The molecule has 0 spiro atoms. The highest BCUT2D eigenvalue weighted by molar-refractivity contribution is 7.89. The molecule has 0 aliphatic carbocycles. The quantitative estimate of drug-likeness (QED) is 0.709. The predicted molar refractivity (Wildman–Crippen MR) is 89.0 cm³/mol. The number of nitrogens with one attached hydrogen (secondary N) is 2. The Labute approximate surface area is 150 Å². The van der Waals surface area contributed by atoms with Gasteiger partial charge in [0.05, 0.1) is 14.2 Å². The summed E-state index contributed by atoms with van der Waals surface area (Å²) in [5, 5.41) is 2.97. The standard InChI is InChI=1S/C15H22F3N3O4S/c1-24-11-3-4-12(25-2)13(9-11)26(22,23)20-10-14(15(16,17)18)21-7-5-19-6-8-21/h3-4,9,14,19-20H,5-8,10H2,1-2H3. The number of piperazine rings is 1. The lowest BCUT2D eigenvalue weighted by molar-refractivity contribution is -0.182. The molecule has 0 saturated carbocycles. The van der Waals surface area contributed by atoms with E-state index in [1.54, 1.807) is 0 Å². The molecule has 2 rings (SSSR count). The molecular weight excluding hydrogens is 375 g/mol. The summed E-state index contributed by atoms with van der Waals surface area (Å²) in [5.41, 5.74) is 0. The van der Waals surface area contributed by atoms with Gasteiger partial charge in [-0.1, -0.05) is 0 Å². The number of ether oxygens (including phenoxy) is 2. The summed E-state index contributed by atoms with van der Waals surface area (Å²) >= 11 is 0. The van der Waals surface area contributed by atoms with Crippen molar-refractivity contribution in [2.45, 2.75) is 17.1 Å². The maximum Gasteiger partial charge on any atom is 0.405 e. The van der Waals surface area contributed by atoms with E-state index in [4.69, 9.17) is 9.47 Å². The van der Waals surface area contributed by atoms with Gasteiger partial charge < -0.3 is 14.8 Å². The van der Waals surface area contributed by atoms with E-state index in [1.165, 1.54) is 37.3 Å². The fourth-order valence-corrected chi connectivity index (χ4v) is 3.93. The minimum Gasteiger partial charge on any atom is -0.497 e. The number of rotatable bonds is 7. The van der Waals surface area contributed by atoms with Gasteiger partial charge in [-0.25, -0.2) is 13.1 Å². The third-order valence-corrected chi connectivity index (χ3v) is 5.54. The van der Waals surface area contributed by atoms with Crippen molar-refractivity contribution in [2.24, 2.45) is 0 Å². The van der Waals surface area contributed by atoms with Gasteiger partial charge in [0.1, 0.15) is 22.4 Å². The SMILES string of the molecule is COc1ccc(OC)c(S(=O)(=O)NCC(N2CCNCC2)C(F)(F)F)c1. The molecule has 2 N–H and O–H groups in total. The molecule has 1 unspecified atom stereocenters. The molecule has 1 aliphatic rings. The Bertz CT molecular complexity index is 707. The zero-order valence-corrected chi connectivity index (χ0v) is 15.3. The van der Waals surface area contributed by atoms with Crippen LogP contribution in [0.3, 0.4) is 0 Å². The van der Waals surface area contributed by atoms with Crippen LogP contribution in [-0.4, -0.2) is 72.5 Å². The number of hydrogen-bond acceptors (Lipinski definition) is 6. The second kappa shape index (κ2) is 8.42. The number of hydrogen-bond donors (Lipinski definition) is 2. The Balaban J connectivity index is 2.22. The summed E-state index contributed by atoms with van der Waals surface area (Å²) < 4.78 is 77.4. The molecule has 0 aromatic heterocycles. The molecular formula is C15H22F3N3O4S. The van der Waals surface area contributed by atoms with Gasteiger partial charge in [0.15, 0.2) is 0 Å². The van der Waals surface area contributed by atoms with E-state index in [2.05, 4.69) is 10.0 Å². The van der Waals surface area contributed by atoms with E-state index in [0.29, 0.717) is 13.1 Å². The number of halogens is 3. The summed E-state index contributed by atoms with van der Waals surface area (Å²) in [6.07, 6.45) is -4.56. The molecule has 0 radical (unpaired) electrons. The van der Waals surface area contributed by atoms with Crippen molar-refractivity contribution >= 4 is 10.0 Å². The first kappa shape index (κ1) is 20.7. The fourth-order valence-electron chi connectivity index (χ4n) is 2.71. The van der Waals surface area contributed by atoms with E-state index in [-0.39, 0.29) is 29.5 Å². The van der Waals surface area contributed by atoms with E-state index in [0.717, 1.165) is 0 Å². The number of alkyl halides is 3. The van der Waals surface area contributed by atoms with Crippen LogP contribution in [0.5, 0.6) is 11.5 Å². The van der Waals surface area contributed by atoms with Crippen molar-refractivity contribution < 1.29 is 31.1 Å². The van der Waals surface area contributed by atoms with Gasteiger partial charge in [0.25, 0.3) is 0 Å².